The van der Waals surface area contributed by atoms with Gasteiger partial charge in [0.25, 0.3) is 5.91 Å². The Kier molecular flexibility index (Phi) is 5.96. The fourth-order valence-corrected chi connectivity index (χ4v) is 2.73. The maximum absolute atomic E-state index is 12.3. The molecular weight excluding hydrogens is 388 g/mol. The topological polar surface area (TPSA) is 115 Å². The van der Waals surface area contributed by atoms with Crippen LogP contribution in [0.2, 0.25) is 0 Å². The van der Waals surface area contributed by atoms with E-state index in [4.69, 9.17) is 9.15 Å². The number of carbonyl (C=O) groups excluding carboxylic acids is 3. The van der Waals surface area contributed by atoms with Gasteiger partial charge < -0.3 is 19.8 Å². The number of aryl methyl sites for hydroxylation is 1. The molecule has 3 aromatic rings. The van der Waals surface area contributed by atoms with E-state index in [1.165, 1.54) is 13.8 Å². The number of nitrogens with one attached hydrogen (secondary N) is 2. The Morgan fingerprint density at radius 1 is 0.967 bits per heavy atom. The number of rotatable bonds is 5. The third kappa shape index (κ3) is 4.91. The van der Waals surface area contributed by atoms with Crippen molar-refractivity contribution in [2.75, 3.05) is 10.6 Å². The number of fused-ring (bicyclic) bond motifs is 1. The molecule has 154 valence electrons. The minimum atomic E-state index is -1.13. The molecule has 8 nitrogen and oxygen atoms in total. The first kappa shape index (κ1) is 20.8. The van der Waals surface area contributed by atoms with E-state index in [0.717, 1.165) is 11.6 Å². The first-order valence-electron chi connectivity index (χ1n) is 9.17. The van der Waals surface area contributed by atoms with Crippen LogP contribution in [0.15, 0.2) is 57.7 Å². The maximum atomic E-state index is 12.3. The van der Waals surface area contributed by atoms with Gasteiger partial charge in [-0.1, -0.05) is 11.6 Å². The second-order valence-corrected chi connectivity index (χ2v) is 6.77. The first-order chi connectivity index (χ1) is 14.2. The number of esters is 1. The normalized spacial score (nSPS) is 11.6. The quantitative estimate of drug-likeness (QED) is 0.627. The Labute approximate surface area is 171 Å². The third-order valence-electron chi connectivity index (χ3n) is 4.21. The molecule has 1 aromatic heterocycles. The molecule has 0 aliphatic heterocycles. The van der Waals surface area contributed by atoms with E-state index in [0.29, 0.717) is 16.8 Å². The van der Waals surface area contributed by atoms with Crippen LogP contribution < -0.4 is 16.1 Å². The number of amides is 2. The summed E-state index contributed by atoms with van der Waals surface area (Å²) in [5, 5.41) is 5.58. The lowest BCUT2D eigenvalue weighted by molar-refractivity contribution is -0.123. The molecule has 8 heteroatoms. The number of benzene rings is 2. The Morgan fingerprint density at radius 3 is 2.23 bits per heavy atom. The van der Waals surface area contributed by atoms with Crippen LogP contribution in [-0.2, 0) is 14.3 Å². The highest BCUT2D eigenvalue weighted by Crippen LogP contribution is 2.16. The van der Waals surface area contributed by atoms with Gasteiger partial charge in [0.15, 0.2) is 11.5 Å². The molecule has 0 fully saturated rings. The fourth-order valence-electron chi connectivity index (χ4n) is 2.73. The molecule has 1 heterocycles. The lowest BCUT2D eigenvalue weighted by atomic mass is 10.1. The summed E-state index contributed by atoms with van der Waals surface area (Å²) in [6.07, 6.45) is -1.13. The van der Waals surface area contributed by atoms with E-state index < -0.39 is 18.0 Å². The van der Waals surface area contributed by atoms with E-state index >= 15 is 0 Å². The minimum absolute atomic E-state index is 0.206. The van der Waals surface area contributed by atoms with E-state index in [2.05, 4.69) is 10.6 Å². The monoisotopic (exact) mass is 408 g/mol. The average Bonchev–Trinajstić information content (AvgIpc) is 2.69. The molecule has 0 saturated carbocycles. The third-order valence-corrected chi connectivity index (χ3v) is 4.21. The van der Waals surface area contributed by atoms with Crippen molar-refractivity contribution in [1.82, 2.24) is 0 Å². The molecule has 30 heavy (non-hydrogen) atoms. The predicted molar refractivity (Wildman–Crippen MR) is 111 cm³/mol. The van der Waals surface area contributed by atoms with Gasteiger partial charge in [0, 0.05) is 24.4 Å². The second kappa shape index (κ2) is 8.60. The molecule has 0 radical (unpaired) electrons. The number of hydrogen-bond donors (Lipinski definition) is 2. The van der Waals surface area contributed by atoms with E-state index in [1.807, 2.05) is 6.92 Å². The highest BCUT2D eigenvalue weighted by atomic mass is 16.6. The van der Waals surface area contributed by atoms with Crippen LogP contribution in [0.3, 0.4) is 0 Å². The second-order valence-electron chi connectivity index (χ2n) is 6.77. The van der Waals surface area contributed by atoms with Crippen LogP contribution >= 0.6 is 0 Å². The fraction of sp³-hybridized carbons (Fsp3) is 0.182. The van der Waals surface area contributed by atoms with Gasteiger partial charge in [0.05, 0.1) is 5.39 Å². The lowest BCUT2D eigenvalue weighted by Gasteiger charge is -2.13. The zero-order valence-electron chi connectivity index (χ0n) is 16.6. The van der Waals surface area contributed by atoms with Crippen LogP contribution in [0.4, 0.5) is 11.4 Å². The van der Waals surface area contributed by atoms with Crippen LogP contribution in [-0.4, -0.2) is 23.9 Å². The van der Waals surface area contributed by atoms with Crippen LogP contribution in [0, 0.1) is 6.92 Å². The van der Waals surface area contributed by atoms with E-state index in [9.17, 15) is 19.2 Å². The van der Waals surface area contributed by atoms with Gasteiger partial charge in [0.1, 0.15) is 5.58 Å². The maximum Gasteiger partial charge on any atom is 0.375 e. The summed E-state index contributed by atoms with van der Waals surface area (Å²) in [6.45, 7) is 4.64. The van der Waals surface area contributed by atoms with Crippen LogP contribution in [0.5, 0.6) is 0 Å². The van der Waals surface area contributed by atoms with Gasteiger partial charge in [-0.25, -0.2) is 4.79 Å². The summed E-state index contributed by atoms with van der Waals surface area (Å²) in [7, 11) is 0. The van der Waals surface area contributed by atoms with Crippen molar-refractivity contribution in [3.05, 3.63) is 70.1 Å². The van der Waals surface area contributed by atoms with Crippen molar-refractivity contribution in [3.63, 3.8) is 0 Å². The molecule has 0 aliphatic rings. The summed E-state index contributed by atoms with van der Waals surface area (Å²) in [5.41, 5.74) is 1.83. The summed E-state index contributed by atoms with van der Waals surface area (Å²) >= 11 is 0. The van der Waals surface area contributed by atoms with E-state index in [-0.39, 0.29) is 22.7 Å². The lowest BCUT2D eigenvalue weighted by Crippen LogP contribution is -2.30. The smallest absolute Gasteiger partial charge is 0.375 e. The number of hydrogen-bond acceptors (Lipinski definition) is 6. The largest absolute Gasteiger partial charge is 0.449 e. The Bertz CT molecular complexity index is 1180. The molecule has 0 saturated heterocycles. The summed E-state index contributed by atoms with van der Waals surface area (Å²) in [6, 6.07) is 12.5. The van der Waals surface area contributed by atoms with Crippen molar-refractivity contribution in [3.8, 4) is 0 Å². The van der Waals surface area contributed by atoms with Gasteiger partial charge in [-0.2, -0.15) is 0 Å². The number of carbonyl (C=O) groups is 3. The SMILES string of the molecule is CC(=O)Nc1ccc(NC(=O)[C@@H](C)OC(=O)c2cc(=O)c3cc(C)ccc3o2)cc1. The molecule has 2 amide bonds. The van der Waals surface area contributed by atoms with Crippen molar-refractivity contribution < 1.29 is 23.5 Å². The molecule has 0 spiro atoms. The highest BCUT2D eigenvalue weighted by molar-refractivity contribution is 5.97. The summed E-state index contributed by atoms with van der Waals surface area (Å²) < 4.78 is 10.6. The Balaban J connectivity index is 1.67. The zero-order valence-corrected chi connectivity index (χ0v) is 16.6. The van der Waals surface area contributed by atoms with Gasteiger partial charge in [-0.05, 0) is 50.2 Å². The van der Waals surface area contributed by atoms with Gasteiger partial charge >= 0.3 is 5.97 Å². The van der Waals surface area contributed by atoms with Crippen LogP contribution in [0.25, 0.3) is 11.0 Å². The molecule has 0 unspecified atom stereocenters. The van der Waals surface area contributed by atoms with Crippen molar-refractivity contribution in [2.24, 2.45) is 0 Å². The van der Waals surface area contributed by atoms with Crippen molar-refractivity contribution >= 4 is 40.1 Å². The molecule has 2 aromatic carbocycles. The zero-order chi connectivity index (χ0) is 21.8. The van der Waals surface area contributed by atoms with E-state index in [1.54, 1.807) is 42.5 Å². The average molecular weight is 408 g/mol. The van der Waals surface area contributed by atoms with Gasteiger partial charge in [-0.15, -0.1) is 0 Å². The summed E-state index contributed by atoms with van der Waals surface area (Å²) in [4.78, 5) is 47.9. The minimum Gasteiger partial charge on any atom is -0.449 e. The van der Waals surface area contributed by atoms with Gasteiger partial charge in [0.2, 0.25) is 11.7 Å². The molecule has 0 bridgehead atoms. The first-order valence-corrected chi connectivity index (χ1v) is 9.17. The molecule has 0 aliphatic carbocycles. The number of ether oxygens (including phenoxy) is 1. The summed E-state index contributed by atoms with van der Waals surface area (Å²) in [5.74, 6) is -1.97. The Morgan fingerprint density at radius 2 is 1.60 bits per heavy atom. The molecule has 2 N–H and O–H groups in total. The van der Waals surface area contributed by atoms with Crippen LogP contribution in [0.1, 0.15) is 30.0 Å². The standard InChI is InChI=1S/C22H20N2O6/c1-12-4-9-19-17(10-12)18(26)11-20(30-19)22(28)29-13(2)21(27)24-16-7-5-15(6-8-16)23-14(3)25/h4-11,13H,1-3H3,(H,23,25)(H,24,27)/t13-/m1/s1. The molecule has 1 atom stereocenters. The predicted octanol–water partition coefficient (Wildman–Crippen LogP) is 3.24. The van der Waals surface area contributed by atoms with Gasteiger partial charge in [-0.3, -0.25) is 14.4 Å². The van der Waals surface area contributed by atoms with Crippen molar-refractivity contribution in [2.45, 2.75) is 26.9 Å². The molecule has 3 rings (SSSR count). The molecular formula is C22H20N2O6. The van der Waals surface area contributed by atoms with Crippen molar-refractivity contribution in [1.29, 1.82) is 0 Å². The highest BCUT2D eigenvalue weighted by Gasteiger charge is 2.21. The Hall–Kier alpha value is -3.94. The number of anilines is 2.